The van der Waals surface area contributed by atoms with Gasteiger partial charge in [0.2, 0.25) is 0 Å². The molecule has 0 fully saturated rings. The van der Waals surface area contributed by atoms with Crippen LogP contribution in [0.1, 0.15) is 18.1 Å². The van der Waals surface area contributed by atoms with Gasteiger partial charge in [-0.1, -0.05) is 12.1 Å². The first-order valence-electron chi connectivity index (χ1n) is 5.42. The largest absolute Gasteiger partial charge is 0.309 e. The van der Waals surface area contributed by atoms with Gasteiger partial charge >= 0.3 is 0 Å². The minimum atomic E-state index is -3.06. The molecular weight excluding hydrogens is 255 g/mol. The van der Waals surface area contributed by atoms with Gasteiger partial charge in [0.1, 0.15) is 21.7 Å². The van der Waals surface area contributed by atoms with Gasteiger partial charge in [-0.05, 0) is 13.0 Å². The fourth-order valence-electron chi connectivity index (χ4n) is 1.60. The molecule has 0 amide bonds. The molecule has 0 heterocycles. The predicted molar refractivity (Wildman–Crippen MR) is 67.1 cm³/mol. The summed E-state index contributed by atoms with van der Waals surface area (Å²) in [6.45, 7) is 1.91. The number of hydrogen-bond donors (Lipinski definition) is 1. The fraction of sp³-hybridized carbons (Fsp3) is 0.417. The number of nitriles is 1. The zero-order valence-corrected chi connectivity index (χ0v) is 11.1. The molecule has 0 aliphatic carbocycles. The monoisotopic (exact) mass is 270 g/mol. The zero-order valence-electron chi connectivity index (χ0n) is 10.3. The number of rotatable bonds is 5. The topological polar surface area (TPSA) is 70.0 Å². The summed E-state index contributed by atoms with van der Waals surface area (Å²) in [4.78, 5) is 0. The molecule has 0 aromatic heterocycles. The number of hydrogen-bond acceptors (Lipinski definition) is 4. The highest BCUT2D eigenvalue weighted by molar-refractivity contribution is 7.90. The molecule has 0 radical (unpaired) electrons. The third kappa shape index (κ3) is 4.43. The summed E-state index contributed by atoms with van der Waals surface area (Å²) in [7, 11) is -3.06. The first kappa shape index (κ1) is 14.6. The molecule has 1 rings (SSSR count). The summed E-state index contributed by atoms with van der Waals surface area (Å²) in [5.74, 6) is -0.564. The zero-order chi connectivity index (χ0) is 13.8. The molecule has 0 aliphatic heterocycles. The maximum absolute atomic E-state index is 13.7. The number of halogens is 1. The average Bonchev–Trinajstić information content (AvgIpc) is 2.25. The molecule has 18 heavy (non-hydrogen) atoms. The van der Waals surface area contributed by atoms with Gasteiger partial charge in [-0.15, -0.1) is 0 Å². The third-order valence-electron chi connectivity index (χ3n) is 2.39. The Balaban J connectivity index is 2.68. The second kappa shape index (κ2) is 5.94. The molecule has 1 atom stereocenters. The van der Waals surface area contributed by atoms with Crippen molar-refractivity contribution >= 4 is 9.84 Å². The lowest BCUT2D eigenvalue weighted by atomic mass is 10.1. The van der Waals surface area contributed by atoms with Gasteiger partial charge in [-0.25, -0.2) is 12.8 Å². The molecule has 6 heteroatoms. The lowest BCUT2D eigenvalue weighted by Gasteiger charge is -2.13. The van der Waals surface area contributed by atoms with E-state index in [9.17, 15) is 12.8 Å². The lowest BCUT2D eigenvalue weighted by Crippen LogP contribution is -2.32. The summed E-state index contributed by atoms with van der Waals surface area (Å²) in [5, 5.41) is 11.6. The van der Waals surface area contributed by atoms with Gasteiger partial charge < -0.3 is 5.32 Å². The van der Waals surface area contributed by atoms with Crippen molar-refractivity contribution in [2.75, 3.05) is 12.0 Å². The molecule has 1 unspecified atom stereocenters. The van der Waals surface area contributed by atoms with Crippen LogP contribution >= 0.6 is 0 Å². The molecule has 0 aliphatic rings. The van der Waals surface area contributed by atoms with Crippen LogP contribution in [0.5, 0.6) is 0 Å². The van der Waals surface area contributed by atoms with Crippen LogP contribution in [0.4, 0.5) is 4.39 Å². The third-order valence-corrected chi connectivity index (χ3v) is 3.50. The van der Waals surface area contributed by atoms with E-state index in [1.54, 1.807) is 25.1 Å². The number of nitrogens with zero attached hydrogens (tertiary/aromatic N) is 1. The van der Waals surface area contributed by atoms with Crippen molar-refractivity contribution in [3.63, 3.8) is 0 Å². The van der Waals surface area contributed by atoms with Crippen LogP contribution < -0.4 is 5.32 Å². The molecule has 4 nitrogen and oxygen atoms in total. The van der Waals surface area contributed by atoms with Crippen LogP contribution in [0.25, 0.3) is 0 Å². The second-order valence-electron chi connectivity index (χ2n) is 4.26. The smallest absolute Gasteiger partial charge is 0.148 e. The SMILES string of the molecule is CC(CS(C)(=O)=O)NCc1cccc(C#N)c1F. The quantitative estimate of drug-likeness (QED) is 0.873. The van der Waals surface area contributed by atoms with Crippen molar-refractivity contribution in [1.82, 2.24) is 5.32 Å². The molecule has 1 N–H and O–H groups in total. The molecular formula is C12H15FN2O2S. The van der Waals surface area contributed by atoms with Crippen LogP contribution in [0.15, 0.2) is 18.2 Å². The van der Waals surface area contributed by atoms with Gasteiger partial charge in [0.15, 0.2) is 0 Å². The van der Waals surface area contributed by atoms with Crippen molar-refractivity contribution in [2.24, 2.45) is 0 Å². The molecule has 0 saturated carbocycles. The van der Waals surface area contributed by atoms with Crippen molar-refractivity contribution in [3.8, 4) is 6.07 Å². The Bertz CT molecular complexity index is 564. The van der Waals surface area contributed by atoms with Crippen molar-refractivity contribution in [1.29, 1.82) is 5.26 Å². The van der Waals surface area contributed by atoms with Gasteiger partial charge in [-0.2, -0.15) is 5.26 Å². The molecule has 1 aromatic rings. The second-order valence-corrected chi connectivity index (χ2v) is 6.45. The average molecular weight is 270 g/mol. The van der Waals surface area contributed by atoms with E-state index in [4.69, 9.17) is 5.26 Å². The Morgan fingerprint density at radius 1 is 1.50 bits per heavy atom. The number of nitrogens with one attached hydrogen (secondary N) is 1. The standard InChI is InChI=1S/C12H15FN2O2S/c1-9(8-18(2,16)17)15-7-11-5-3-4-10(6-14)12(11)13/h3-5,9,15H,7-8H2,1-2H3. The Hall–Kier alpha value is -1.45. The van der Waals surface area contributed by atoms with Crippen LogP contribution in [-0.2, 0) is 16.4 Å². The van der Waals surface area contributed by atoms with Gasteiger partial charge in [0.05, 0.1) is 11.3 Å². The van der Waals surface area contributed by atoms with Crippen molar-refractivity contribution in [2.45, 2.75) is 19.5 Å². The van der Waals surface area contributed by atoms with Crippen LogP contribution in [-0.4, -0.2) is 26.5 Å². The van der Waals surface area contributed by atoms with Crippen molar-refractivity contribution < 1.29 is 12.8 Å². The van der Waals surface area contributed by atoms with E-state index >= 15 is 0 Å². The Kier molecular flexibility index (Phi) is 4.82. The summed E-state index contributed by atoms with van der Waals surface area (Å²) >= 11 is 0. The minimum absolute atomic E-state index is 0.00738. The van der Waals surface area contributed by atoms with Crippen LogP contribution in [0, 0.1) is 17.1 Å². The Labute approximate surface area is 106 Å². The Morgan fingerprint density at radius 3 is 2.72 bits per heavy atom. The van der Waals surface area contributed by atoms with Gasteiger partial charge in [0.25, 0.3) is 0 Å². The van der Waals surface area contributed by atoms with Crippen LogP contribution in [0.2, 0.25) is 0 Å². The first-order chi connectivity index (χ1) is 8.33. The van der Waals surface area contributed by atoms with E-state index in [0.29, 0.717) is 5.56 Å². The van der Waals surface area contributed by atoms with E-state index in [0.717, 1.165) is 6.26 Å². The molecule has 0 bridgehead atoms. The Morgan fingerprint density at radius 2 is 2.17 bits per heavy atom. The molecule has 98 valence electrons. The summed E-state index contributed by atoms with van der Waals surface area (Å²) < 4.78 is 35.8. The summed E-state index contributed by atoms with van der Waals surface area (Å²) in [5.41, 5.74) is 0.347. The van der Waals surface area contributed by atoms with Crippen LogP contribution in [0.3, 0.4) is 0 Å². The normalized spacial score (nSPS) is 13.0. The highest BCUT2D eigenvalue weighted by atomic mass is 32.2. The van der Waals surface area contributed by atoms with E-state index in [-0.39, 0.29) is 23.9 Å². The van der Waals surface area contributed by atoms with E-state index in [2.05, 4.69) is 5.32 Å². The highest BCUT2D eigenvalue weighted by Gasteiger charge is 2.12. The van der Waals surface area contributed by atoms with E-state index < -0.39 is 15.7 Å². The number of sulfone groups is 1. The number of benzene rings is 1. The molecule has 1 aromatic carbocycles. The lowest BCUT2D eigenvalue weighted by molar-refractivity contribution is 0.541. The van der Waals surface area contributed by atoms with E-state index in [1.165, 1.54) is 6.07 Å². The summed E-state index contributed by atoms with van der Waals surface area (Å²) in [6, 6.07) is 6.05. The maximum Gasteiger partial charge on any atom is 0.148 e. The fourth-order valence-corrected chi connectivity index (χ4v) is 2.63. The molecule has 0 spiro atoms. The predicted octanol–water partition coefficient (Wildman–Crippen LogP) is 1.22. The minimum Gasteiger partial charge on any atom is -0.309 e. The van der Waals surface area contributed by atoms with Gasteiger partial charge in [-0.3, -0.25) is 0 Å². The summed E-state index contributed by atoms with van der Waals surface area (Å²) in [6.07, 6.45) is 1.15. The molecule has 0 saturated heterocycles. The maximum atomic E-state index is 13.7. The van der Waals surface area contributed by atoms with E-state index in [1.807, 2.05) is 0 Å². The van der Waals surface area contributed by atoms with Crippen molar-refractivity contribution in [3.05, 3.63) is 35.1 Å². The highest BCUT2D eigenvalue weighted by Crippen LogP contribution is 2.12. The van der Waals surface area contributed by atoms with Gasteiger partial charge in [0, 0.05) is 24.4 Å². The first-order valence-corrected chi connectivity index (χ1v) is 7.48.